The van der Waals surface area contributed by atoms with E-state index in [1.54, 1.807) is 36.4 Å². The van der Waals surface area contributed by atoms with Crippen LogP contribution in [0.1, 0.15) is 18.5 Å². The molecule has 0 radical (unpaired) electrons. The van der Waals surface area contributed by atoms with Gasteiger partial charge in [-0.1, -0.05) is 30.3 Å². The third-order valence-electron chi connectivity index (χ3n) is 6.07. The van der Waals surface area contributed by atoms with Crippen LogP contribution in [0.25, 0.3) is 11.1 Å². The Hall–Kier alpha value is -3.07. The molecule has 1 fully saturated rings. The summed E-state index contributed by atoms with van der Waals surface area (Å²) in [6, 6.07) is 19.2. The van der Waals surface area contributed by atoms with Gasteiger partial charge in [0, 0.05) is 19.3 Å². The normalized spacial score (nSPS) is 15.3. The van der Waals surface area contributed by atoms with Crippen LogP contribution in [0.2, 0.25) is 0 Å². The number of rotatable bonds is 7. The van der Waals surface area contributed by atoms with Crippen LogP contribution in [0.5, 0.6) is 5.75 Å². The molecular weight excluding hydrogens is 477 g/mol. The lowest BCUT2D eigenvalue weighted by molar-refractivity contribution is -0.127. The first-order valence-corrected chi connectivity index (χ1v) is 13.3. The molecule has 186 valence electrons. The Morgan fingerprint density at radius 2 is 1.54 bits per heavy atom. The third kappa shape index (κ3) is 6.97. The highest BCUT2D eigenvalue weighted by molar-refractivity contribution is 7.90. The number of anilines is 1. The van der Waals surface area contributed by atoms with Crippen molar-refractivity contribution in [1.29, 1.82) is 0 Å². The van der Waals surface area contributed by atoms with Crippen LogP contribution in [0, 0.1) is 5.92 Å². The molecular formula is C26H27F3N2O3S. The third-order valence-corrected chi connectivity index (χ3v) is 7.20. The van der Waals surface area contributed by atoms with Gasteiger partial charge in [-0.25, -0.2) is 13.4 Å². The summed E-state index contributed by atoms with van der Waals surface area (Å²) in [7, 11) is -3.22. The zero-order valence-corrected chi connectivity index (χ0v) is 20.1. The van der Waals surface area contributed by atoms with Crippen molar-refractivity contribution >= 4 is 15.7 Å². The van der Waals surface area contributed by atoms with Crippen LogP contribution < -0.4 is 9.64 Å². The van der Waals surface area contributed by atoms with E-state index < -0.39 is 22.4 Å². The van der Waals surface area contributed by atoms with Gasteiger partial charge in [-0.15, -0.1) is 0 Å². The molecule has 4 rings (SSSR count). The van der Waals surface area contributed by atoms with E-state index in [1.165, 1.54) is 12.3 Å². The molecule has 1 aliphatic rings. The molecule has 1 aromatic heterocycles. The first-order valence-electron chi connectivity index (χ1n) is 11.4. The summed E-state index contributed by atoms with van der Waals surface area (Å²) >= 11 is 0. The van der Waals surface area contributed by atoms with E-state index in [1.807, 2.05) is 29.2 Å². The second kappa shape index (κ2) is 10.3. The van der Waals surface area contributed by atoms with Crippen molar-refractivity contribution in [3.05, 3.63) is 72.4 Å². The molecule has 1 saturated heterocycles. The monoisotopic (exact) mass is 504 g/mol. The lowest BCUT2D eigenvalue weighted by Crippen LogP contribution is -2.36. The maximum atomic E-state index is 12.7. The fraction of sp³-hybridized carbons (Fsp3) is 0.346. The molecule has 0 atom stereocenters. The predicted octanol–water partition coefficient (Wildman–Crippen LogP) is 5.55. The van der Waals surface area contributed by atoms with E-state index >= 15 is 0 Å². The minimum absolute atomic E-state index is 0.0373. The topological polar surface area (TPSA) is 59.5 Å². The van der Waals surface area contributed by atoms with Gasteiger partial charge in [-0.05, 0) is 66.3 Å². The summed E-state index contributed by atoms with van der Waals surface area (Å²) in [5, 5.41) is 0. The Morgan fingerprint density at radius 3 is 2.11 bits per heavy atom. The van der Waals surface area contributed by atoms with Gasteiger partial charge in [0.2, 0.25) is 0 Å². The molecule has 9 heteroatoms. The predicted molar refractivity (Wildman–Crippen MR) is 129 cm³/mol. The van der Waals surface area contributed by atoms with Crippen LogP contribution in [0.15, 0.2) is 71.6 Å². The molecule has 0 aliphatic carbocycles. The molecule has 2 aromatic carbocycles. The average molecular weight is 505 g/mol. The molecule has 0 saturated carbocycles. The fourth-order valence-electron chi connectivity index (χ4n) is 4.13. The average Bonchev–Trinajstić information content (AvgIpc) is 2.82. The minimum atomic E-state index is -4.27. The number of aromatic nitrogens is 1. The first-order chi connectivity index (χ1) is 16.6. The van der Waals surface area contributed by atoms with Crippen molar-refractivity contribution in [3.8, 4) is 16.9 Å². The number of nitrogens with zero attached hydrogens (tertiary/aromatic N) is 2. The number of benzene rings is 2. The Kier molecular flexibility index (Phi) is 7.35. The summed E-state index contributed by atoms with van der Waals surface area (Å²) in [6.07, 6.45) is -2.36. The summed E-state index contributed by atoms with van der Waals surface area (Å²) < 4.78 is 67.2. The lowest BCUT2D eigenvalue weighted by atomic mass is 9.98. The summed E-state index contributed by atoms with van der Waals surface area (Å²) in [5.41, 5.74) is 1.92. The van der Waals surface area contributed by atoms with E-state index in [-0.39, 0.29) is 10.6 Å². The van der Waals surface area contributed by atoms with Gasteiger partial charge in [-0.2, -0.15) is 13.2 Å². The van der Waals surface area contributed by atoms with Gasteiger partial charge in [0.1, 0.15) is 11.6 Å². The molecule has 0 unspecified atom stereocenters. The van der Waals surface area contributed by atoms with Crippen molar-refractivity contribution in [2.45, 2.75) is 30.3 Å². The van der Waals surface area contributed by atoms with E-state index in [4.69, 9.17) is 4.74 Å². The number of pyridine rings is 1. The number of ether oxygens (including phenoxy) is 1. The van der Waals surface area contributed by atoms with Crippen molar-refractivity contribution in [1.82, 2.24) is 4.98 Å². The van der Waals surface area contributed by atoms with Gasteiger partial charge >= 0.3 is 6.18 Å². The van der Waals surface area contributed by atoms with E-state index in [0.29, 0.717) is 18.3 Å². The lowest BCUT2D eigenvalue weighted by Gasteiger charge is -2.33. The molecule has 0 bridgehead atoms. The molecule has 0 spiro atoms. The van der Waals surface area contributed by atoms with Crippen LogP contribution >= 0.6 is 0 Å². The second-order valence-corrected chi connectivity index (χ2v) is 10.9. The van der Waals surface area contributed by atoms with Crippen LogP contribution in [-0.2, 0) is 16.3 Å². The highest BCUT2D eigenvalue weighted by Gasteiger charge is 2.29. The maximum Gasteiger partial charge on any atom is 0.394 e. The Bertz CT molecular complexity index is 1240. The number of piperidine rings is 1. The molecule has 3 aromatic rings. The van der Waals surface area contributed by atoms with Gasteiger partial charge < -0.3 is 9.64 Å². The van der Waals surface area contributed by atoms with Crippen molar-refractivity contribution in [2.75, 3.05) is 30.9 Å². The second-order valence-electron chi connectivity index (χ2n) is 8.84. The SMILES string of the molecule is CS(=O)(=O)c1ccc(-c2ccc(OCC3CCN(c4cccc(CC(F)(F)F)n4)CC3)cc2)cc1. The zero-order chi connectivity index (χ0) is 25.1. The Labute approximate surface area is 203 Å². The molecule has 1 aliphatic heterocycles. The summed E-state index contributed by atoms with van der Waals surface area (Å²) in [4.78, 5) is 6.51. The molecule has 2 heterocycles. The maximum absolute atomic E-state index is 12.7. The Balaban J connectivity index is 1.27. The highest BCUT2D eigenvalue weighted by Crippen LogP contribution is 2.27. The van der Waals surface area contributed by atoms with Crippen LogP contribution in [0.3, 0.4) is 0 Å². The van der Waals surface area contributed by atoms with Gasteiger partial charge in [0.25, 0.3) is 0 Å². The number of hydrogen-bond donors (Lipinski definition) is 0. The fourth-order valence-corrected chi connectivity index (χ4v) is 4.76. The van der Waals surface area contributed by atoms with E-state index in [9.17, 15) is 21.6 Å². The summed E-state index contributed by atoms with van der Waals surface area (Å²) in [6.45, 7) is 2.01. The minimum Gasteiger partial charge on any atom is -0.493 e. The number of hydrogen-bond acceptors (Lipinski definition) is 5. The van der Waals surface area contributed by atoms with Crippen molar-refractivity contribution in [2.24, 2.45) is 5.92 Å². The van der Waals surface area contributed by atoms with Gasteiger partial charge in [0.15, 0.2) is 9.84 Å². The molecule has 35 heavy (non-hydrogen) atoms. The molecule has 5 nitrogen and oxygen atoms in total. The largest absolute Gasteiger partial charge is 0.493 e. The summed E-state index contributed by atoms with van der Waals surface area (Å²) in [5.74, 6) is 1.70. The van der Waals surface area contributed by atoms with Gasteiger partial charge in [0.05, 0.1) is 23.6 Å². The van der Waals surface area contributed by atoms with Crippen molar-refractivity contribution in [3.63, 3.8) is 0 Å². The van der Waals surface area contributed by atoms with Crippen molar-refractivity contribution < 1.29 is 26.3 Å². The number of halogens is 3. The first kappa shape index (κ1) is 25.0. The molecule has 0 N–H and O–H groups in total. The van der Waals surface area contributed by atoms with Crippen LogP contribution in [0.4, 0.5) is 19.0 Å². The standard InChI is InChI=1S/C26H27F3N2O3S/c1-35(32,33)24-11-7-21(8-12-24)20-5-9-23(10-6-20)34-18-19-13-15-31(16-14-19)25-4-2-3-22(30-25)17-26(27,28)29/h2-12,19H,13-18H2,1H3. The smallest absolute Gasteiger partial charge is 0.394 e. The Morgan fingerprint density at radius 1 is 0.943 bits per heavy atom. The van der Waals surface area contributed by atoms with Gasteiger partial charge in [-0.3, -0.25) is 0 Å². The zero-order valence-electron chi connectivity index (χ0n) is 19.3. The van der Waals surface area contributed by atoms with E-state index in [2.05, 4.69) is 4.98 Å². The highest BCUT2D eigenvalue weighted by atomic mass is 32.2. The quantitative estimate of drug-likeness (QED) is 0.422. The number of alkyl halides is 3. The van der Waals surface area contributed by atoms with E-state index in [0.717, 1.165) is 42.8 Å². The van der Waals surface area contributed by atoms with Crippen LogP contribution in [-0.4, -0.2) is 45.5 Å². The molecule has 0 amide bonds. The number of sulfone groups is 1.